The summed E-state index contributed by atoms with van der Waals surface area (Å²) in [5.74, 6) is 0. The standard InChI is InChI=1S/C15H20O3/c1-2-10-4-3-5-12(15(10)14-9-18-14)13-8-11(16)6-7-17-13/h3-5,11,13-14,16H,2,6-9H2,1H3. The third kappa shape index (κ3) is 2.30. The van der Waals surface area contributed by atoms with Gasteiger partial charge in [0.2, 0.25) is 0 Å². The molecule has 18 heavy (non-hydrogen) atoms. The highest BCUT2D eigenvalue weighted by atomic mass is 16.6. The van der Waals surface area contributed by atoms with E-state index in [-0.39, 0.29) is 18.3 Å². The Labute approximate surface area is 108 Å². The number of aliphatic hydroxyl groups is 1. The Kier molecular flexibility index (Phi) is 3.37. The molecule has 0 amide bonds. The number of aliphatic hydroxyl groups excluding tert-OH is 1. The maximum atomic E-state index is 9.80. The highest BCUT2D eigenvalue weighted by Crippen LogP contribution is 2.40. The van der Waals surface area contributed by atoms with Crippen LogP contribution in [-0.4, -0.2) is 24.4 Å². The zero-order valence-corrected chi connectivity index (χ0v) is 10.8. The first kappa shape index (κ1) is 12.2. The lowest BCUT2D eigenvalue weighted by molar-refractivity contribution is -0.0453. The molecule has 1 aromatic carbocycles. The average molecular weight is 248 g/mol. The second-order valence-electron chi connectivity index (χ2n) is 5.13. The average Bonchev–Trinajstić information content (AvgIpc) is 3.22. The van der Waals surface area contributed by atoms with Crippen molar-refractivity contribution in [3.63, 3.8) is 0 Å². The fourth-order valence-corrected chi connectivity index (χ4v) is 2.83. The van der Waals surface area contributed by atoms with Gasteiger partial charge in [-0.1, -0.05) is 25.1 Å². The van der Waals surface area contributed by atoms with E-state index in [0.29, 0.717) is 13.0 Å². The molecule has 0 radical (unpaired) electrons. The third-order valence-electron chi connectivity index (χ3n) is 3.87. The summed E-state index contributed by atoms with van der Waals surface area (Å²) >= 11 is 0. The molecule has 3 rings (SSSR count). The normalized spacial score (nSPS) is 31.3. The SMILES string of the molecule is CCc1cccc(C2CC(O)CCO2)c1C1CO1. The van der Waals surface area contributed by atoms with Gasteiger partial charge in [-0.25, -0.2) is 0 Å². The van der Waals surface area contributed by atoms with Crippen molar-refractivity contribution in [2.24, 2.45) is 0 Å². The monoisotopic (exact) mass is 248 g/mol. The number of ether oxygens (including phenoxy) is 2. The molecule has 1 N–H and O–H groups in total. The molecule has 2 aliphatic heterocycles. The van der Waals surface area contributed by atoms with Crippen molar-refractivity contribution in [1.29, 1.82) is 0 Å². The summed E-state index contributed by atoms with van der Waals surface area (Å²) in [7, 11) is 0. The Hall–Kier alpha value is -0.900. The Morgan fingerprint density at radius 1 is 1.28 bits per heavy atom. The quantitative estimate of drug-likeness (QED) is 0.836. The second kappa shape index (κ2) is 5.00. The summed E-state index contributed by atoms with van der Waals surface area (Å²) in [5.41, 5.74) is 3.87. The Balaban J connectivity index is 1.94. The number of hydrogen-bond donors (Lipinski definition) is 1. The summed E-state index contributed by atoms with van der Waals surface area (Å²) in [6.07, 6.45) is 2.50. The second-order valence-corrected chi connectivity index (χ2v) is 5.13. The Morgan fingerprint density at radius 2 is 2.11 bits per heavy atom. The first-order valence-corrected chi connectivity index (χ1v) is 6.82. The molecule has 0 aromatic heterocycles. The molecule has 3 nitrogen and oxygen atoms in total. The highest BCUT2D eigenvalue weighted by Gasteiger charge is 2.33. The fraction of sp³-hybridized carbons (Fsp3) is 0.600. The van der Waals surface area contributed by atoms with E-state index in [0.717, 1.165) is 19.4 Å². The predicted octanol–water partition coefficient (Wildman–Crippen LogP) is 2.53. The lowest BCUT2D eigenvalue weighted by Gasteiger charge is -2.28. The summed E-state index contributed by atoms with van der Waals surface area (Å²) in [4.78, 5) is 0. The van der Waals surface area contributed by atoms with Gasteiger partial charge in [0, 0.05) is 13.0 Å². The molecular weight excluding hydrogens is 228 g/mol. The molecule has 0 bridgehead atoms. The minimum Gasteiger partial charge on any atom is -0.393 e. The molecule has 3 atom stereocenters. The van der Waals surface area contributed by atoms with E-state index in [4.69, 9.17) is 9.47 Å². The largest absolute Gasteiger partial charge is 0.393 e. The Morgan fingerprint density at radius 3 is 2.78 bits per heavy atom. The van der Waals surface area contributed by atoms with Crippen LogP contribution in [0.2, 0.25) is 0 Å². The van der Waals surface area contributed by atoms with Crippen LogP contribution >= 0.6 is 0 Å². The van der Waals surface area contributed by atoms with E-state index in [2.05, 4.69) is 25.1 Å². The van der Waals surface area contributed by atoms with Gasteiger partial charge >= 0.3 is 0 Å². The van der Waals surface area contributed by atoms with Gasteiger partial charge in [0.05, 0.1) is 18.8 Å². The molecule has 1 aromatic rings. The molecule has 0 saturated carbocycles. The number of hydrogen-bond acceptors (Lipinski definition) is 3. The molecule has 2 saturated heterocycles. The molecule has 3 heteroatoms. The maximum Gasteiger partial charge on any atom is 0.107 e. The van der Waals surface area contributed by atoms with Crippen molar-refractivity contribution >= 4 is 0 Å². The van der Waals surface area contributed by atoms with Crippen LogP contribution in [0, 0.1) is 0 Å². The van der Waals surface area contributed by atoms with Crippen LogP contribution in [0.1, 0.15) is 48.7 Å². The lowest BCUT2D eigenvalue weighted by Crippen LogP contribution is -2.24. The fourth-order valence-electron chi connectivity index (χ4n) is 2.83. The van der Waals surface area contributed by atoms with Crippen molar-refractivity contribution in [2.45, 2.75) is 44.5 Å². The minimum absolute atomic E-state index is 0.0273. The maximum absolute atomic E-state index is 9.80. The topological polar surface area (TPSA) is 42.0 Å². The number of benzene rings is 1. The minimum atomic E-state index is -0.234. The van der Waals surface area contributed by atoms with Gasteiger partial charge in [-0.2, -0.15) is 0 Å². The van der Waals surface area contributed by atoms with Gasteiger partial charge in [-0.15, -0.1) is 0 Å². The van der Waals surface area contributed by atoms with Gasteiger partial charge < -0.3 is 14.6 Å². The molecule has 0 aliphatic carbocycles. The summed E-state index contributed by atoms with van der Waals surface area (Å²) in [6.45, 7) is 3.63. The van der Waals surface area contributed by atoms with Gasteiger partial charge in [-0.3, -0.25) is 0 Å². The number of rotatable bonds is 3. The first-order valence-electron chi connectivity index (χ1n) is 6.82. The van der Waals surface area contributed by atoms with Crippen LogP contribution in [0.4, 0.5) is 0 Å². The molecule has 0 spiro atoms. The van der Waals surface area contributed by atoms with Crippen molar-refractivity contribution in [1.82, 2.24) is 0 Å². The first-order chi connectivity index (χ1) is 8.79. The van der Waals surface area contributed by atoms with Gasteiger partial charge in [-0.05, 0) is 29.5 Å². The molecule has 2 heterocycles. The van der Waals surface area contributed by atoms with Gasteiger partial charge in [0.1, 0.15) is 6.10 Å². The molecular formula is C15H20O3. The van der Waals surface area contributed by atoms with Gasteiger partial charge in [0.25, 0.3) is 0 Å². The van der Waals surface area contributed by atoms with E-state index in [1.165, 1.54) is 16.7 Å². The predicted molar refractivity (Wildman–Crippen MR) is 68.4 cm³/mol. The van der Waals surface area contributed by atoms with Gasteiger partial charge in [0.15, 0.2) is 0 Å². The zero-order valence-electron chi connectivity index (χ0n) is 10.8. The molecule has 2 aliphatic rings. The van der Waals surface area contributed by atoms with E-state index in [9.17, 15) is 5.11 Å². The van der Waals surface area contributed by atoms with Crippen molar-refractivity contribution in [2.75, 3.05) is 13.2 Å². The van der Waals surface area contributed by atoms with Crippen LogP contribution in [-0.2, 0) is 15.9 Å². The van der Waals surface area contributed by atoms with Crippen molar-refractivity contribution in [3.05, 3.63) is 34.9 Å². The van der Waals surface area contributed by atoms with Crippen molar-refractivity contribution in [3.8, 4) is 0 Å². The smallest absolute Gasteiger partial charge is 0.107 e. The summed E-state index contributed by atoms with van der Waals surface area (Å²) in [5, 5.41) is 9.80. The third-order valence-corrected chi connectivity index (χ3v) is 3.87. The van der Waals surface area contributed by atoms with Crippen LogP contribution in [0.5, 0.6) is 0 Å². The zero-order chi connectivity index (χ0) is 12.5. The molecule has 3 unspecified atom stereocenters. The number of epoxide rings is 1. The summed E-state index contributed by atoms with van der Waals surface area (Å²) < 4.78 is 11.3. The lowest BCUT2D eigenvalue weighted by atomic mass is 9.90. The van der Waals surface area contributed by atoms with E-state index < -0.39 is 0 Å². The van der Waals surface area contributed by atoms with Crippen molar-refractivity contribution < 1.29 is 14.6 Å². The van der Waals surface area contributed by atoms with E-state index in [1.807, 2.05) is 0 Å². The molecule has 98 valence electrons. The summed E-state index contributed by atoms with van der Waals surface area (Å²) in [6, 6.07) is 6.38. The molecule has 2 fully saturated rings. The Bertz CT molecular complexity index is 426. The highest BCUT2D eigenvalue weighted by molar-refractivity contribution is 5.40. The van der Waals surface area contributed by atoms with Crippen LogP contribution in [0.3, 0.4) is 0 Å². The van der Waals surface area contributed by atoms with E-state index in [1.54, 1.807) is 0 Å². The van der Waals surface area contributed by atoms with Crippen LogP contribution in [0.15, 0.2) is 18.2 Å². The van der Waals surface area contributed by atoms with Crippen LogP contribution < -0.4 is 0 Å². The van der Waals surface area contributed by atoms with Crippen LogP contribution in [0.25, 0.3) is 0 Å². The number of aryl methyl sites for hydroxylation is 1. The van der Waals surface area contributed by atoms with E-state index >= 15 is 0 Å².